The number of benzene rings is 1. The molecule has 3 nitrogen and oxygen atoms in total. The Bertz CT molecular complexity index is 501. The summed E-state index contributed by atoms with van der Waals surface area (Å²) in [4.78, 5) is 0. The smallest absolute Gasteiger partial charge is 0.151 e. The zero-order valence-corrected chi connectivity index (χ0v) is 10.5. The number of hydrogen-bond acceptors (Lipinski definition) is 3. The highest BCUT2D eigenvalue weighted by atomic mass is 32.2. The number of halogens is 1. The monoisotopic (exact) mass is 257 g/mol. The highest BCUT2D eigenvalue weighted by Crippen LogP contribution is 2.18. The first-order valence-electron chi connectivity index (χ1n) is 5.68. The molecular formula is C12H16FNO2S. The van der Waals surface area contributed by atoms with Crippen molar-refractivity contribution < 1.29 is 12.8 Å². The second kappa shape index (κ2) is 4.74. The Balaban J connectivity index is 2.00. The maximum absolute atomic E-state index is 13.0. The van der Waals surface area contributed by atoms with Gasteiger partial charge in [-0.3, -0.25) is 0 Å². The molecule has 1 fully saturated rings. The van der Waals surface area contributed by atoms with Crippen molar-refractivity contribution in [3.8, 4) is 0 Å². The average Bonchev–Trinajstić information content (AvgIpc) is 2.58. The van der Waals surface area contributed by atoms with E-state index in [1.165, 1.54) is 12.1 Å². The molecule has 1 heterocycles. The Morgan fingerprint density at radius 2 is 2.24 bits per heavy atom. The highest BCUT2D eigenvalue weighted by molar-refractivity contribution is 7.91. The van der Waals surface area contributed by atoms with Crippen molar-refractivity contribution in [3.63, 3.8) is 0 Å². The number of nitrogens with one attached hydrogen (secondary N) is 1. The lowest BCUT2D eigenvalue weighted by atomic mass is 10.1. The molecule has 1 saturated heterocycles. The Kier molecular flexibility index (Phi) is 3.49. The number of rotatable bonds is 3. The van der Waals surface area contributed by atoms with Gasteiger partial charge in [-0.2, -0.15) is 0 Å². The Morgan fingerprint density at radius 3 is 2.82 bits per heavy atom. The van der Waals surface area contributed by atoms with Gasteiger partial charge in [0.15, 0.2) is 9.84 Å². The van der Waals surface area contributed by atoms with Crippen LogP contribution >= 0.6 is 0 Å². The SMILES string of the molecule is CC(NC1CCS(=O)(=O)C1)c1cccc(F)c1. The molecule has 0 bridgehead atoms. The van der Waals surface area contributed by atoms with Gasteiger partial charge in [0.2, 0.25) is 0 Å². The number of sulfone groups is 1. The second-order valence-corrected chi connectivity index (χ2v) is 6.77. The Hall–Kier alpha value is -0.940. The van der Waals surface area contributed by atoms with E-state index >= 15 is 0 Å². The van der Waals surface area contributed by atoms with Crippen molar-refractivity contribution in [2.24, 2.45) is 0 Å². The maximum atomic E-state index is 13.0. The van der Waals surface area contributed by atoms with Crippen LogP contribution in [0.25, 0.3) is 0 Å². The van der Waals surface area contributed by atoms with Crippen molar-refractivity contribution in [1.82, 2.24) is 5.32 Å². The third kappa shape index (κ3) is 3.26. The normalized spacial score (nSPS) is 24.7. The second-order valence-electron chi connectivity index (χ2n) is 4.54. The summed E-state index contributed by atoms with van der Waals surface area (Å²) in [6.45, 7) is 1.92. The Labute approximate surface area is 101 Å². The summed E-state index contributed by atoms with van der Waals surface area (Å²) in [7, 11) is -2.87. The van der Waals surface area contributed by atoms with E-state index in [4.69, 9.17) is 0 Å². The van der Waals surface area contributed by atoms with E-state index < -0.39 is 9.84 Å². The van der Waals surface area contributed by atoms with Crippen LogP contribution in [-0.2, 0) is 9.84 Å². The van der Waals surface area contributed by atoms with Crippen LogP contribution in [0.5, 0.6) is 0 Å². The Morgan fingerprint density at radius 1 is 1.47 bits per heavy atom. The van der Waals surface area contributed by atoms with Gasteiger partial charge in [0.05, 0.1) is 11.5 Å². The fourth-order valence-corrected chi connectivity index (χ4v) is 3.84. The summed E-state index contributed by atoms with van der Waals surface area (Å²) in [6.07, 6.45) is 0.641. The molecule has 1 aromatic rings. The topological polar surface area (TPSA) is 46.2 Å². The maximum Gasteiger partial charge on any atom is 0.151 e. The molecule has 5 heteroatoms. The molecule has 1 aromatic carbocycles. The quantitative estimate of drug-likeness (QED) is 0.896. The van der Waals surface area contributed by atoms with E-state index in [1.807, 2.05) is 13.0 Å². The van der Waals surface area contributed by atoms with Crippen LogP contribution in [0.15, 0.2) is 24.3 Å². The zero-order valence-electron chi connectivity index (χ0n) is 9.69. The largest absolute Gasteiger partial charge is 0.306 e. The van der Waals surface area contributed by atoms with E-state index in [0.29, 0.717) is 6.42 Å². The lowest BCUT2D eigenvalue weighted by Gasteiger charge is -2.18. The van der Waals surface area contributed by atoms with E-state index in [0.717, 1.165) is 5.56 Å². The predicted molar refractivity (Wildman–Crippen MR) is 65.0 cm³/mol. The molecule has 0 spiro atoms. The third-order valence-electron chi connectivity index (χ3n) is 3.07. The van der Waals surface area contributed by atoms with Crippen LogP contribution < -0.4 is 5.32 Å². The van der Waals surface area contributed by atoms with Crippen molar-refractivity contribution in [1.29, 1.82) is 0 Å². The van der Waals surface area contributed by atoms with Crippen LogP contribution in [0.4, 0.5) is 4.39 Å². The van der Waals surface area contributed by atoms with Gasteiger partial charge in [-0.1, -0.05) is 12.1 Å². The van der Waals surface area contributed by atoms with Crippen molar-refractivity contribution >= 4 is 9.84 Å². The van der Waals surface area contributed by atoms with Gasteiger partial charge in [0, 0.05) is 12.1 Å². The minimum absolute atomic E-state index is 0.0155. The molecule has 2 rings (SSSR count). The molecule has 2 atom stereocenters. The lowest BCUT2D eigenvalue weighted by molar-refractivity contribution is 0.482. The van der Waals surface area contributed by atoms with Crippen molar-refractivity contribution in [3.05, 3.63) is 35.6 Å². The van der Waals surface area contributed by atoms with Crippen LogP contribution in [-0.4, -0.2) is 26.0 Å². The van der Waals surface area contributed by atoms with Crippen molar-refractivity contribution in [2.45, 2.75) is 25.4 Å². The van der Waals surface area contributed by atoms with Gasteiger partial charge in [-0.15, -0.1) is 0 Å². The molecule has 17 heavy (non-hydrogen) atoms. The number of hydrogen-bond donors (Lipinski definition) is 1. The van der Waals surface area contributed by atoms with E-state index in [-0.39, 0.29) is 29.4 Å². The molecule has 1 aliphatic heterocycles. The molecule has 1 N–H and O–H groups in total. The first kappa shape index (κ1) is 12.5. The molecule has 0 amide bonds. The molecular weight excluding hydrogens is 241 g/mol. The summed E-state index contributed by atoms with van der Waals surface area (Å²) in [5.41, 5.74) is 0.842. The molecule has 0 aliphatic carbocycles. The molecule has 1 aliphatic rings. The van der Waals surface area contributed by atoms with Crippen LogP contribution in [0, 0.1) is 5.82 Å². The first-order chi connectivity index (χ1) is 7.96. The minimum Gasteiger partial charge on any atom is -0.306 e. The molecule has 94 valence electrons. The minimum atomic E-state index is -2.87. The standard InChI is InChI=1S/C12H16FNO2S/c1-9(10-3-2-4-11(13)7-10)14-12-5-6-17(15,16)8-12/h2-4,7,9,12,14H,5-6,8H2,1H3. The summed E-state index contributed by atoms with van der Waals surface area (Å²) in [6, 6.07) is 6.32. The van der Waals surface area contributed by atoms with Gasteiger partial charge >= 0.3 is 0 Å². The fraction of sp³-hybridized carbons (Fsp3) is 0.500. The van der Waals surface area contributed by atoms with Crippen LogP contribution in [0.2, 0.25) is 0 Å². The predicted octanol–water partition coefficient (Wildman–Crippen LogP) is 1.66. The van der Waals surface area contributed by atoms with E-state index in [1.54, 1.807) is 6.07 Å². The van der Waals surface area contributed by atoms with Gasteiger partial charge in [0.1, 0.15) is 5.82 Å². The van der Waals surface area contributed by atoms with Crippen molar-refractivity contribution in [2.75, 3.05) is 11.5 Å². The summed E-state index contributed by atoms with van der Waals surface area (Å²) >= 11 is 0. The third-order valence-corrected chi connectivity index (χ3v) is 4.83. The summed E-state index contributed by atoms with van der Waals surface area (Å²) in [5.74, 6) is 0.169. The zero-order chi connectivity index (χ0) is 12.5. The average molecular weight is 257 g/mol. The van der Waals surface area contributed by atoms with Gasteiger partial charge in [-0.05, 0) is 31.0 Å². The highest BCUT2D eigenvalue weighted by Gasteiger charge is 2.28. The lowest BCUT2D eigenvalue weighted by Crippen LogP contribution is -2.32. The summed E-state index contributed by atoms with van der Waals surface area (Å²) in [5, 5.41) is 3.23. The van der Waals surface area contributed by atoms with Gasteiger partial charge in [-0.25, -0.2) is 12.8 Å². The summed E-state index contributed by atoms with van der Waals surface area (Å²) < 4.78 is 35.7. The molecule has 0 saturated carbocycles. The van der Waals surface area contributed by atoms with Gasteiger partial charge in [0.25, 0.3) is 0 Å². The van der Waals surface area contributed by atoms with Gasteiger partial charge < -0.3 is 5.32 Å². The first-order valence-corrected chi connectivity index (χ1v) is 7.50. The molecule has 2 unspecified atom stereocenters. The van der Waals surface area contributed by atoms with Crippen LogP contribution in [0.3, 0.4) is 0 Å². The molecule has 0 aromatic heterocycles. The van der Waals surface area contributed by atoms with Crippen LogP contribution in [0.1, 0.15) is 24.9 Å². The molecule has 0 radical (unpaired) electrons. The fourth-order valence-electron chi connectivity index (χ4n) is 2.15. The van der Waals surface area contributed by atoms with E-state index in [9.17, 15) is 12.8 Å². The van der Waals surface area contributed by atoms with E-state index in [2.05, 4.69) is 5.32 Å².